The van der Waals surface area contributed by atoms with Crippen LogP contribution in [0.2, 0.25) is 15.1 Å². The fourth-order valence-electron chi connectivity index (χ4n) is 5.17. The van der Waals surface area contributed by atoms with Gasteiger partial charge in [-0.25, -0.2) is 18.5 Å². The van der Waals surface area contributed by atoms with Crippen molar-refractivity contribution in [2.75, 3.05) is 26.9 Å². The molecular weight excluding hydrogens is 809 g/mol. The first kappa shape index (κ1) is 45.8. The van der Waals surface area contributed by atoms with Crippen LogP contribution < -0.4 is 24.7 Å². The predicted molar refractivity (Wildman–Crippen MR) is 215 cm³/mol. The molecule has 302 valence electrons. The van der Waals surface area contributed by atoms with Crippen molar-refractivity contribution in [2.24, 2.45) is 5.14 Å². The zero-order chi connectivity index (χ0) is 41.1. The molecule has 14 nitrogen and oxygen atoms in total. The highest BCUT2D eigenvalue weighted by molar-refractivity contribution is 7.89. The molecule has 1 aromatic heterocycles. The van der Waals surface area contributed by atoms with Gasteiger partial charge in [-0.2, -0.15) is 0 Å². The number of hydrogen-bond donors (Lipinski definition) is 3. The second-order valence-electron chi connectivity index (χ2n) is 11.9. The lowest BCUT2D eigenvalue weighted by Gasteiger charge is -2.20. The van der Waals surface area contributed by atoms with E-state index < -0.39 is 15.1 Å². The van der Waals surface area contributed by atoms with E-state index in [1.54, 1.807) is 30.7 Å². The van der Waals surface area contributed by atoms with Crippen molar-refractivity contribution in [3.63, 3.8) is 0 Å². The van der Waals surface area contributed by atoms with Crippen LogP contribution in [-0.2, 0) is 34.3 Å². The van der Waals surface area contributed by atoms with Gasteiger partial charge in [-0.3, -0.25) is 0 Å². The summed E-state index contributed by atoms with van der Waals surface area (Å²) in [4.78, 5) is 12.4. The van der Waals surface area contributed by atoms with E-state index in [9.17, 15) is 8.42 Å². The minimum absolute atomic E-state index is 0.00411. The molecule has 0 radical (unpaired) electrons. The van der Waals surface area contributed by atoms with Gasteiger partial charge in [0.15, 0.2) is 11.5 Å². The van der Waals surface area contributed by atoms with Crippen LogP contribution in [0.5, 0.6) is 17.2 Å². The van der Waals surface area contributed by atoms with Crippen LogP contribution in [0, 0.1) is 10.1 Å². The van der Waals surface area contributed by atoms with Crippen LogP contribution in [0.4, 0.5) is 0 Å². The molecule has 0 aliphatic carbocycles. The molecule has 1 unspecified atom stereocenters. The van der Waals surface area contributed by atoms with E-state index in [2.05, 4.69) is 10.3 Å². The fourth-order valence-corrected chi connectivity index (χ4v) is 6.58. The van der Waals surface area contributed by atoms with E-state index in [1.165, 1.54) is 7.11 Å². The molecule has 4 aromatic carbocycles. The number of halogens is 3. The number of aromatic nitrogens is 2. The number of nitrogens with one attached hydrogen (secondary N) is 1. The number of benzene rings is 4. The summed E-state index contributed by atoms with van der Waals surface area (Å²) in [5, 5.41) is 24.2. The maximum absolute atomic E-state index is 11.7. The first-order chi connectivity index (χ1) is 26.7. The standard InChI is InChI=1S/C20H28N2O5S.C18H15Cl3N2O.HNO3/c1-4-26-17-7-5-6-8-18(17)27-12-11-22-15(2)13-16-9-10-19(25-3)20(14-16)28(21,23)24;19-14-3-1-13(2-4-14)11-24-18(10-23-8-7-22-12-23)16-6-5-15(20)9-17(16)21;2-1(3)4/h5-10,14-15,22H,4,11-13H2,1-3H3,(H2,21,23,24);1-9,12,18H,10-11H2;(H,2,3,4)/t15-;;/m1../s1. The summed E-state index contributed by atoms with van der Waals surface area (Å²) in [6.07, 6.45) is 5.80. The topological polar surface area (TPSA) is 190 Å². The number of hydrogen-bond acceptors (Lipinski definition) is 10. The summed E-state index contributed by atoms with van der Waals surface area (Å²) in [7, 11) is -2.43. The van der Waals surface area contributed by atoms with E-state index in [0.717, 1.165) is 22.4 Å². The molecule has 5 rings (SSSR count). The summed E-state index contributed by atoms with van der Waals surface area (Å²) < 4.78 is 47.9. The predicted octanol–water partition coefficient (Wildman–Crippen LogP) is 7.79. The summed E-state index contributed by atoms with van der Waals surface area (Å²) >= 11 is 18.3. The highest BCUT2D eigenvalue weighted by atomic mass is 35.5. The number of primary sulfonamides is 1. The van der Waals surface area contributed by atoms with Crippen molar-refractivity contribution < 1.29 is 37.7 Å². The Balaban J connectivity index is 0.000000276. The van der Waals surface area contributed by atoms with Gasteiger partial charge >= 0.3 is 0 Å². The second kappa shape index (κ2) is 23.5. The van der Waals surface area contributed by atoms with Gasteiger partial charge in [-0.05, 0) is 79.9 Å². The average molecular weight is 853 g/mol. The molecule has 1 heterocycles. The zero-order valence-electron chi connectivity index (χ0n) is 30.9. The Kier molecular flexibility index (Phi) is 19.2. The molecule has 0 bridgehead atoms. The first-order valence-corrected chi connectivity index (χ1v) is 19.8. The van der Waals surface area contributed by atoms with Crippen LogP contribution in [0.1, 0.15) is 36.6 Å². The van der Waals surface area contributed by atoms with Gasteiger partial charge in [0, 0.05) is 45.6 Å². The number of nitrogens with zero attached hydrogens (tertiary/aromatic N) is 3. The minimum atomic E-state index is -3.84. The van der Waals surface area contributed by atoms with Crippen molar-refractivity contribution in [2.45, 2.75) is 50.5 Å². The lowest BCUT2D eigenvalue weighted by Crippen LogP contribution is -2.32. The second-order valence-corrected chi connectivity index (χ2v) is 14.7. The Morgan fingerprint density at radius 2 is 1.59 bits per heavy atom. The van der Waals surface area contributed by atoms with E-state index >= 15 is 0 Å². The number of ether oxygens (including phenoxy) is 4. The Bertz CT molecular complexity index is 2050. The molecule has 0 aliphatic rings. The van der Waals surface area contributed by atoms with E-state index in [-0.39, 0.29) is 22.8 Å². The summed E-state index contributed by atoms with van der Waals surface area (Å²) in [6.45, 7) is 6.72. The first-order valence-electron chi connectivity index (χ1n) is 17.1. The van der Waals surface area contributed by atoms with Crippen LogP contribution >= 0.6 is 34.8 Å². The highest BCUT2D eigenvalue weighted by Gasteiger charge is 2.18. The number of methoxy groups -OCH3 is 1. The largest absolute Gasteiger partial charge is 0.495 e. The molecule has 18 heteroatoms. The number of para-hydroxylation sites is 2. The lowest BCUT2D eigenvalue weighted by atomic mass is 10.1. The molecule has 0 saturated carbocycles. The van der Waals surface area contributed by atoms with Crippen molar-refractivity contribution >= 4 is 44.8 Å². The zero-order valence-corrected chi connectivity index (χ0v) is 34.0. The van der Waals surface area contributed by atoms with Crippen LogP contribution in [0.25, 0.3) is 0 Å². The van der Waals surface area contributed by atoms with Gasteiger partial charge in [0.1, 0.15) is 23.4 Å². The molecule has 2 atom stereocenters. The van der Waals surface area contributed by atoms with Gasteiger partial charge in [0.2, 0.25) is 10.0 Å². The number of nitrogens with two attached hydrogens (primary N) is 1. The SMILES string of the molecule is CCOc1ccccc1OCCN[C@H](C)Cc1ccc(OC)c(S(N)(=O)=O)c1.Clc1ccc(COC(Cn2ccnc2)c2ccc(Cl)cc2Cl)cc1.O=[N+]([O-])O. The number of rotatable bonds is 17. The van der Waals surface area contributed by atoms with E-state index in [4.69, 9.17) is 74.2 Å². The molecule has 4 N–H and O–H groups in total. The summed E-state index contributed by atoms with van der Waals surface area (Å²) in [6, 6.07) is 25.7. The Labute approximate surface area is 341 Å². The third kappa shape index (κ3) is 16.2. The van der Waals surface area contributed by atoms with E-state index in [1.807, 2.05) is 91.3 Å². The molecule has 56 heavy (non-hydrogen) atoms. The maximum Gasteiger partial charge on any atom is 0.291 e. The van der Waals surface area contributed by atoms with Crippen LogP contribution in [0.3, 0.4) is 0 Å². The molecule has 0 amide bonds. The van der Waals surface area contributed by atoms with Crippen molar-refractivity contribution in [3.05, 3.63) is 146 Å². The monoisotopic (exact) mass is 851 g/mol. The summed E-state index contributed by atoms with van der Waals surface area (Å²) in [5.74, 6) is 1.69. The van der Waals surface area contributed by atoms with Gasteiger partial charge in [0.25, 0.3) is 5.09 Å². The van der Waals surface area contributed by atoms with Crippen molar-refractivity contribution in [3.8, 4) is 17.2 Å². The van der Waals surface area contributed by atoms with Gasteiger partial charge in [-0.1, -0.05) is 71.2 Å². The van der Waals surface area contributed by atoms with Gasteiger partial charge in [-0.15, -0.1) is 10.1 Å². The fraction of sp³-hybridized carbons (Fsp3) is 0.289. The van der Waals surface area contributed by atoms with Crippen molar-refractivity contribution in [1.29, 1.82) is 0 Å². The highest BCUT2D eigenvalue weighted by Crippen LogP contribution is 2.31. The van der Waals surface area contributed by atoms with E-state index in [0.29, 0.717) is 60.1 Å². The normalized spacial score (nSPS) is 11.9. The smallest absolute Gasteiger partial charge is 0.291 e. The summed E-state index contributed by atoms with van der Waals surface area (Å²) in [5.41, 5.74) is 2.79. The van der Waals surface area contributed by atoms with Gasteiger partial charge in [0.05, 0.1) is 33.2 Å². The molecule has 0 saturated heterocycles. The van der Waals surface area contributed by atoms with Gasteiger partial charge < -0.3 is 34.0 Å². The Hall–Kier alpha value is -4.61. The molecule has 0 spiro atoms. The van der Waals surface area contributed by atoms with Crippen LogP contribution in [0.15, 0.2) is 109 Å². The molecular formula is C38H44Cl3N5O9S. The van der Waals surface area contributed by atoms with Crippen LogP contribution in [-0.4, -0.2) is 61.2 Å². The minimum Gasteiger partial charge on any atom is -0.495 e. The third-order valence-electron chi connectivity index (χ3n) is 7.69. The number of imidazole rings is 1. The molecule has 0 fully saturated rings. The lowest BCUT2D eigenvalue weighted by molar-refractivity contribution is -0.742. The average Bonchev–Trinajstić information content (AvgIpc) is 3.66. The quantitative estimate of drug-likeness (QED) is 0.0470. The maximum atomic E-state index is 11.7. The molecule has 5 aromatic rings. The Morgan fingerprint density at radius 1 is 0.946 bits per heavy atom. The number of sulfonamides is 1. The third-order valence-corrected chi connectivity index (χ3v) is 9.43. The Morgan fingerprint density at radius 3 is 2.18 bits per heavy atom. The van der Waals surface area contributed by atoms with Crippen molar-refractivity contribution in [1.82, 2.24) is 14.9 Å². The molecule has 0 aliphatic heterocycles.